The molecule has 4 N–H and O–H groups in total. The van der Waals surface area contributed by atoms with Gasteiger partial charge in [-0.1, -0.05) is 12.1 Å². The van der Waals surface area contributed by atoms with Gasteiger partial charge in [0.05, 0.1) is 78.3 Å². The molecule has 0 spiro atoms. The maximum atomic E-state index is 16.4. The van der Waals surface area contributed by atoms with Crippen LogP contribution in [0.1, 0.15) is 119 Å². The standard InChI is InChI=1S/C51H65FN10O8/c1-29(67-3)44(57-50(65)69-5)48(63)60-24-10-12-42(60)46-53-35-17-14-31(26-37(35)55-46)39-20-21-40(62(39)33-16-19-41(34(52)28-33)59-22-8-7-9-23-59)32-15-18-36-38(27-32)56-47(54-36)43-13-11-25-61(43)49(64)45(30(2)68-4)58-51(66)70-6/h14-19,26-30,39-40,42-45H,7-13,20-25H2,1-6H3,(H,53,55)(H,54,56)(H,57,65)(H,58,66)/t29-,30-,39+,40?,42+,43+,44+,45+/m1/s1. The Morgan fingerprint density at radius 2 is 1.10 bits per heavy atom. The molecule has 4 aliphatic rings. The summed E-state index contributed by atoms with van der Waals surface area (Å²) in [6.45, 7) is 6.13. The number of hydrogen-bond donors (Lipinski definition) is 4. The summed E-state index contributed by atoms with van der Waals surface area (Å²) in [5.74, 6) is 0.535. The summed E-state index contributed by atoms with van der Waals surface area (Å²) >= 11 is 0. The molecule has 0 aliphatic carbocycles. The van der Waals surface area contributed by atoms with Gasteiger partial charge in [-0.25, -0.2) is 23.9 Å². The maximum Gasteiger partial charge on any atom is 0.407 e. The average molecular weight is 965 g/mol. The summed E-state index contributed by atoms with van der Waals surface area (Å²) in [6, 6.07) is 15.3. The van der Waals surface area contributed by atoms with E-state index in [0.717, 1.165) is 96.9 Å². The number of H-pyrrole nitrogens is 2. The molecule has 4 amide bonds. The number of fused-ring (bicyclic) bond motifs is 2. The number of benzene rings is 3. The van der Waals surface area contributed by atoms with E-state index in [2.05, 4.69) is 60.7 Å². The summed E-state index contributed by atoms with van der Waals surface area (Å²) < 4.78 is 37.0. The number of methoxy groups -OCH3 is 4. The number of likely N-dealkylation sites (tertiary alicyclic amines) is 2. The first-order valence-corrected chi connectivity index (χ1v) is 24.6. The molecule has 8 atom stereocenters. The number of rotatable bonds is 14. The Morgan fingerprint density at radius 3 is 1.54 bits per heavy atom. The van der Waals surface area contributed by atoms with Gasteiger partial charge in [0.2, 0.25) is 11.8 Å². The monoisotopic (exact) mass is 964 g/mol. The van der Waals surface area contributed by atoms with Crippen LogP contribution < -0.4 is 20.4 Å². The van der Waals surface area contributed by atoms with E-state index in [4.69, 9.17) is 28.9 Å². The first kappa shape index (κ1) is 48.5. The van der Waals surface area contributed by atoms with Crippen molar-refractivity contribution in [2.24, 2.45) is 0 Å². The molecule has 4 fully saturated rings. The van der Waals surface area contributed by atoms with Crippen molar-refractivity contribution in [3.8, 4) is 0 Å². The highest BCUT2D eigenvalue weighted by Gasteiger charge is 2.42. The molecular weight excluding hydrogens is 900 g/mol. The molecule has 4 saturated heterocycles. The highest BCUT2D eigenvalue weighted by molar-refractivity contribution is 5.88. The second-order valence-corrected chi connectivity index (χ2v) is 19.0. The Hall–Kier alpha value is -6.47. The number of anilines is 2. The van der Waals surface area contributed by atoms with Gasteiger partial charge in [-0.2, -0.15) is 0 Å². The second-order valence-electron chi connectivity index (χ2n) is 19.0. The number of halogens is 1. The van der Waals surface area contributed by atoms with Gasteiger partial charge in [0.1, 0.15) is 29.5 Å². The van der Waals surface area contributed by atoms with Gasteiger partial charge in [0, 0.05) is 46.1 Å². The van der Waals surface area contributed by atoms with E-state index in [-0.39, 0.29) is 41.8 Å². The molecule has 0 radical (unpaired) electrons. The Balaban J connectivity index is 1.02. The van der Waals surface area contributed by atoms with Crippen LogP contribution in [0.2, 0.25) is 0 Å². The fourth-order valence-electron chi connectivity index (χ4n) is 11.1. The number of aromatic amines is 2. The first-order valence-electron chi connectivity index (χ1n) is 24.6. The predicted molar refractivity (Wildman–Crippen MR) is 261 cm³/mol. The molecule has 5 aromatic rings. The Morgan fingerprint density at radius 1 is 0.614 bits per heavy atom. The molecule has 2 aromatic heterocycles. The van der Waals surface area contributed by atoms with E-state index in [1.54, 1.807) is 29.7 Å². The zero-order valence-corrected chi connectivity index (χ0v) is 40.8. The SMILES string of the molecule is COC(=O)N[C@H](C(=O)N1CCC[C@H]1c1nc2ccc(C3CC[C@@H](c4ccc5nc([C@@H]6CCCN6C(=O)[C@@H](NC(=O)OC)[C@@H](C)OC)[nH]c5c4)N3c3ccc(N4CCCCC4)c(F)c3)cc2[nH]1)[C@@H](C)OC. The van der Waals surface area contributed by atoms with Crippen LogP contribution in [0.25, 0.3) is 22.1 Å². The third kappa shape index (κ3) is 9.56. The van der Waals surface area contributed by atoms with Crippen molar-refractivity contribution in [1.29, 1.82) is 0 Å². The average Bonchev–Trinajstić information content (AvgIpc) is 4.25. The number of carbonyl (C=O) groups is 4. The van der Waals surface area contributed by atoms with Crippen LogP contribution in [-0.2, 0) is 28.5 Å². The molecular formula is C51H65FN10O8. The summed E-state index contributed by atoms with van der Waals surface area (Å²) in [5, 5.41) is 5.31. The molecule has 70 heavy (non-hydrogen) atoms. The van der Waals surface area contributed by atoms with Gasteiger partial charge >= 0.3 is 12.2 Å². The van der Waals surface area contributed by atoms with Crippen LogP contribution in [-0.4, -0.2) is 133 Å². The third-order valence-electron chi connectivity index (χ3n) is 15.0. The number of nitrogens with one attached hydrogen (secondary N) is 4. The van der Waals surface area contributed by atoms with Crippen molar-refractivity contribution in [3.63, 3.8) is 0 Å². The molecule has 6 heterocycles. The Bertz CT molecular complexity index is 2560. The fourth-order valence-corrected chi connectivity index (χ4v) is 11.1. The number of hydrogen-bond acceptors (Lipinski definition) is 12. The van der Waals surface area contributed by atoms with Crippen molar-refractivity contribution in [3.05, 3.63) is 83.2 Å². The number of nitrogens with zero attached hydrogens (tertiary/aromatic N) is 6. The van der Waals surface area contributed by atoms with Crippen LogP contribution in [0, 0.1) is 5.82 Å². The zero-order chi connectivity index (χ0) is 49.2. The second kappa shape index (κ2) is 20.9. The molecule has 374 valence electrons. The quantitative estimate of drug-likeness (QED) is 0.0856. The van der Waals surface area contributed by atoms with Crippen LogP contribution >= 0.6 is 0 Å². The molecule has 18 nitrogen and oxygen atoms in total. The molecule has 1 unspecified atom stereocenters. The molecule has 4 aliphatic heterocycles. The number of carbonyl (C=O) groups excluding carboxylic acids is 4. The fraction of sp³-hybridized carbons (Fsp3) is 0.529. The highest BCUT2D eigenvalue weighted by Crippen LogP contribution is 2.48. The molecule has 0 saturated carbocycles. The van der Waals surface area contributed by atoms with Gasteiger partial charge < -0.3 is 59.1 Å². The Labute approximate surface area is 406 Å². The van der Waals surface area contributed by atoms with Crippen molar-refractivity contribution in [2.75, 3.05) is 64.4 Å². The van der Waals surface area contributed by atoms with Crippen LogP contribution in [0.15, 0.2) is 54.6 Å². The van der Waals surface area contributed by atoms with E-state index in [1.165, 1.54) is 28.4 Å². The van der Waals surface area contributed by atoms with E-state index in [1.807, 2.05) is 18.2 Å². The predicted octanol–water partition coefficient (Wildman–Crippen LogP) is 7.50. The lowest BCUT2D eigenvalue weighted by molar-refractivity contribution is -0.138. The van der Waals surface area contributed by atoms with E-state index in [9.17, 15) is 19.2 Å². The van der Waals surface area contributed by atoms with Gasteiger partial charge in [0.25, 0.3) is 0 Å². The Kier molecular flexibility index (Phi) is 14.5. The summed E-state index contributed by atoms with van der Waals surface area (Å²) in [5.41, 5.74) is 6.66. The van der Waals surface area contributed by atoms with E-state index >= 15 is 4.39 Å². The lowest BCUT2D eigenvalue weighted by atomic mass is 10.0. The number of alkyl carbamates (subject to hydrolysis) is 2. The topological polar surface area (TPSA) is 200 Å². The van der Waals surface area contributed by atoms with Gasteiger partial charge in [-0.05, 0) is 125 Å². The number of amides is 4. The first-order chi connectivity index (χ1) is 33.9. The van der Waals surface area contributed by atoms with E-state index in [0.29, 0.717) is 43.3 Å². The molecule has 3 aromatic carbocycles. The minimum atomic E-state index is -0.944. The smallest absolute Gasteiger partial charge is 0.407 e. The normalized spacial score (nSPS) is 22.3. The lowest BCUT2D eigenvalue weighted by Crippen LogP contribution is -2.54. The van der Waals surface area contributed by atoms with Crippen molar-refractivity contribution >= 4 is 57.4 Å². The van der Waals surface area contributed by atoms with Crippen LogP contribution in [0.3, 0.4) is 0 Å². The molecule has 19 heteroatoms. The minimum Gasteiger partial charge on any atom is -0.453 e. The number of piperidine rings is 1. The largest absolute Gasteiger partial charge is 0.453 e. The van der Waals surface area contributed by atoms with Gasteiger partial charge in [-0.3, -0.25) is 9.59 Å². The number of imidazole rings is 2. The minimum absolute atomic E-state index is 0.126. The number of ether oxygens (including phenoxy) is 4. The summed E-state index contributed by atoms with van der Waals surface area (Å²) in [6.07, 6.45) is 5.12. The van der Waals surface area contributed by atoms with Crippen molar-refractivity contribution < 1.29 is 42.5 Å². The van der Waals surface area contributed by atoms with Gasteiger partial charge in [-0.15, -0.1) is 0 Å². The summed E-state index contributed by atoms with van der Waals surface area (Å²) in [7, 11) is 5.51. The van der Waals surface area contributed by atoms with Crippen molar-refractivity contribution in [1.82, 2.24) is 40.4 Å². The molecule has 9 rings (SSSR count). The zero-order valence-electron chi connectivity index (χ0n) is 40.8. The highest BCUT2D eigenvalue weighted by atomic mass is 19.1. The lowest BCUT2D eigenvalue weighted by Gasteiger charge is -2.34. The van der Waals surface area contributed by atoms with Crippen LogP contribution in [0.5, 0.6) is 0 Å². The van der Waals surface area contributed by atoms with E-state index < -0.39 is 36.5 Å². The third-order valence-corrected chi connectivity index (χ3v) is 15.0. The van der Waals surface area contributed by atoms with Gasteiger partial charge in [0.15, 0.2) is 0 Å². The molecule has 0 bridgehead atoms. The maximum absolute atomic E-state index is 16.4. The summed E-state index contributed by atoms with van der Waals surface area (Å²) in [4.78, 5) is 77.6. The van der Waals surface area contributed by atoms with Crippen LogP contribution in [0.4, 0.5) is 25.4 Å². The number of aromatic nitrogens is 4. The van der Waals surface area contributed by atoms with Crippen molar-refractivity contribution in [2.45, 2.75) is 120 Å².